The van der Waals surface area contributed by atoms with Crippen molar-refractivity contribution in [3.05, 3.63) is 64.8 Å². The SMILES string of the molecule is COC(=O)C1CCC(c2ncc(-c3ccc(NC(=S)Nc4ccc(Cl)cc4)cc3)s2)CC1. The third-order valence-corrected chi connectivity index (χ3v) is 7.33. The number of carbonyl (C=O) groups excluding carboxylic acids is 1. The molecular weight excluding hydrogens is 462 g/mol. The minimum absolute atomic E-state index is 0.0380. The highest BCUT2D eigenvalue weighted by Crippen LogP contribution is 2.39. The molecule has 5 nitrogen and oxygen atoms in total. The third kappa shape index (κ3) is 5.65. The van der Waals surface area contributed by atoms with Crippen LogP contribution < -0.4 is 10.6 Å². The average Bonchev–Trinajstić information content (AvgIpc) is 3.31. The van der Waals surface area contributed by atoms with Gasteiger partial charge in [0.05, 0.1) is 22.9 Å². The number of esters is 1. The van der Waals surface area contributed by atoms with E-state index in [4.69, 9.17) is 28.6 Å². The van der Waals surface area contributed by atoms with Crippen molar-refractivity contribution in [2.24, 2.45) is 5.92 Å². The van der Waals surface area contributed by atoms with E-state index in [0.717, 1.165) is 52.5 Å². The van der Waals surface area contributed by atoms with Crippen molar-refractivity contribution in [3.8, 4) is 10.4 Å². The number of rotatable bonds is 5. The summed E-state index contributed by atoms with van der Waals surface area (Å²) in [5, 5.41) is 8.69. The average molecular weight is 486 g/mol. The maximum atomic E-state index is 11.7. The number of halogens is 1. The monoisotopic (exact) mass is 485 g/mol. The maximum absolute atomic E-state index is 11.7. The number of methoxy groups -OCH3 is 1. The van der Waals surface area contributed by atoms with Crippen LogP contribution in [-0.4, -0.2) is 23.2 Å². The zero-order valence-corrected chi connectivity index (χ0v) is 20.0. The number of nitrogens with one attached hydrogen (secondary N) is 2. The summed E-state index contributed by atoms with van der Waals surface area (Å²) in [6, 6.07) is 15.5. The number of thiocarbonyl (C=S) groups is 1. The fourth-order valence-electron chi connectivity index (χ4n) is 3.90. The largest absolute Gasteiger partial charge is 0.469 e. The molecule has 0 aliphatic heterocycles. The van der Waals surface area contributed by atoms with E-state index in [0.29, 0.717) is 16.1 Å². The number of carbonyl (C=O) groups is 1. The van der Waals surface area contributed by atoms with E-state index in [1.54, 1.807) is 11.3 Å². The van der Waals surface area contributed by atoms with E-state index < -0.39 is 0 Å². The van der Waals surface area contributed by atoms with Gasteiger partial charge in [-0.2, -0.15) is 0 Å². The fourth-order valence-corrected chi connectivity index (χ4v) is 5.35. The molecule has 4 rings (SSSR count). The summed E-state index contributed by atoms with van der Waals surface area (Å²) < 4.78 is 4.89. The van der Waals surface area contributed by atoms with Gasteiger partial charge < -0.3 is 15.4 Å². The molecule has 0 radical (unpaired) electrons. The second kappa shape index (κ2) is 10.4. The summed E-state index contributed by atoms with van der Waals surface area (Å²) in [6.45, 7) is 0. The highest BCUT2D eigenvalue weighted by molar-refractivity contribution is 7.80. The van der Waals surface area contributed by atoms with Crippen LogP contribution in [0.1, 0.15) is 36.6 Å². The van der Waals surface area contributed by atoms with Gasteiger partial charge in [-0.15, -0.1) is 11.3 Å². The highest BCUT2D eigenvalue weighted by Gasteiger charge is 2.29. The van der Waals surface area contributed by atoms with Gasteiger partial charge in [0, 0.05) is 28.5 Å². The van der Waals surface area contributed by atoms with Crippen molar-refractivity contribution in [1.82, 2.24) is 4.98 Å². The van der Waals surface area contributed by atoms with Crippen LogP contribution >= 0.6 is 35.2 Å². The molecule has 32 heavy (non-hydrogen) atoms. The summed E-state index contributed by atoms with van der Waals surface area (Å²) in [6.07, 6.45) is 5.65. The summed E-state index contributed by atoms with van der Waals surface area (Å²) in [5.74, 6) is 0.378. The predicted molar refractivity (Wildman–Crippen MR) is 136 cm³/mol. The topological polar surface area (TPSA) is 63.2 Å². The molecule has 1 aliphatic rings. The van der Waals surface area contributed by atoms with Crippen LogP contribution in [0.15, 0.2) is 54.7 Å². The number of hydrogen-bond donors (Lipinski definition) is 2. The Bertz CT molecular complexity index is 1080. The van der Waals surface area contributed by atoms with Crippen LogP contribution in [0.4, 0.5) is 11.4 Å². The van der Waals surface area contributed by atoms with Gasteiger partial charge in [0.1, 0.15) is 0 Å². The first kappa shape index (κ1) is 22.7. The van der Waals surface area contributed by atoms with Crippen LogP contribution in [0, 0.1) is 5.92 Å². The minimum atomic E-state index is -0.0835. The van der Waals surface area contributed by atoms with Crippen LogP contribution in [0.2, 0.25) is 5.02 Å². The minimum Gasteiger partial charge on any atom is -0.469 e. The van der Waals surface area contributed by atoms with E-state index in [2.05, 4.69) is 27.8 Å². The van der Waals surface area contributed by atoms with Gasteiger partial charge in [0.15, 0.2) is 5.11 Å². The zero-order chi connectivity index (χ0) is 22.5. The fraction of sp³-hybridized carbons (Fsp3) is 0.292. The smallest absolute Gasteiger partial charge is 0.308 e. The van der Waals surface area contributed by atoms with Crippen molar-refractivity contribution >= 4 is 57.6 Å². The van der Waals surface area contributed by atoms with E-state index in [1.165, 1.54) is 7.11 Å². The Morgan fingerprint density at radius 1 is 1.03 bits per heavy atom. The molecule has 0 spiro atoms. The molecule has 1 saturated carbocycles. The number of benzene rings is 2. The Balaban J connectivity index is 1.33. The lowest BCUT2D eigenvalue weighted by Gasteiger charge is -2.25. The number of thiazole rings is 1. The van der Waals surface area contributed by atoms with Crippen molar-refractivity contribution in [2.45, 2.75) is 31.6 Å². The molecule has 0 unspecified atom stereocenters. The molecule has 1 heterocycles. The quantitative estimate of drug-likeness (QED) is 0.309. The first-order valence-corrected chi connectivity index (χ1v) is 12.1. The van der Waals surface area contributed by atoms with Crippen LogP contribution in [-0.2, 0) is 9.53 Å². The molecule has 1 aromatic heterocycles. The first-order chi connectivity index (χ1) is 15.5. The van der Waals surface area contributed by atoms with Gasteiger partial charge in [-0.05, 0) is 79.9 Å². The van der Waals surface area contributed by atoms with Crippen LogP contribution in [0.3, 0.4) is 0 Å². The number of hydrogen-bond acceptors (Lipinski definition) is 5. The molecule has 0 bridgehead atoms. The Labute approximate surface area is 202 Å². The van der Waals surface area contributed by atoms with Gasteiger partial charge >= 0.3 is 5.97 Å². The molecule has 0 atom stereocenters. The highest BCUT2D eigenvalue weighted by atomic mass is 35.5. The molecule has 3 aromatic rings. The van der Waals surface area contributed by atoms with Crippen molar-refractivity contribution < 1.29 is 9.53 Å². The molecule has 1 fully saturated rings. The molecular formula is C24H24ClN3O2S2. The first-order valence-electron chi connectivity index (χ1n) is 10.5. The normalized spacial score (nSPS) is 18.1. The maximum Gasteiger partial charge on any atom is 0.308 e. The lowest BCUT2D eigenvalue weighted by Crippen LogP contribution is -2.22. The molecule has 1 aliphatic carbocycles. The molecule has 0 amide bonds. The van der Waals surface area contributed by atoms with Gasteiger partial charge in [-0.25, -0.2) is 4.98 Å². The predicted octanol–water partition coefficient (Wildman–Crippen LogP) is 6.72. The molecule has 166 valence electrons. The van der Waals surface area contributed by atoms with Crippen LogP contribution in [0.5, 0.6) is 0 Å². The standard InChI is InChI=1S/C24H24ClN3O2S2/c1-30-23(29)17-4-2-16(3-5-17)22-26-14-21(32-22)15-6-10-19(11-7-15)27-24(31)28-20-12-8-18(25)9-13-20/h6-14,16-17H,2-5H2,1H3,(H2,27,28,31). The van der Waals surface area contributed by atoms with E-state index in [9.17, 15) is 4.79 Å². The van der Waals surface area contributed by atoms with Gasteiger partial charge in [-0.3, -0.25) is 4.79 Å². The van der Waals surface area contributed by atoms with Gasteiger partial charge in [0.2, 0.25) is 0 Å². The summed E-state index contributed by atoms with van der Waals surface area (Å²) in [5.41, 5.74) is 2.91. The summed E-state index contributed by atoms with van der Waals surface area (Å²) in [7, 11) is 1.46. The van der Waals surface area contributed by atoms with Crippen molar-refractivity contribution in [1.29, 1.82) is 0 Å². The van der Waals surface area contributed by atoms with Gasteiger partial charge in [-0.1, -0.05) is 23.7 Å². The van der Waals surface area contributed by atoms with Crippen molar-refractivity contribution in [3.63, 3.8) is 0 Å². The Morgan fingerprint density at radius 2 is 1.62 bits per heavy atom. The van der Waals surface area contributed by atoms with E-state index in [-0.39, 0.29) is 11.9 Å². The second-order valence-electron chi connectivity index (χ2n) is 7.80. The number of anilines is 2. The lowest BCUT2D eigenvalue weighted by atomic mass is 9.82. The summed E-state index contributed by atoms with van der Waals surface area (Å²) >= 11 is 13.0. The number of ether oxygens (including phenoxy) is 1. The Hall–Kier alpha value is -2.48. The van der Waals surface area contributed by atoms with Gasteiger partial charge in [0.25, 0.3) is 0 Å². The Morgan fingerprint density at radius 3 is 2.22 bits per heavy atom. The summed E-state index contributed by atoms with van der Waals surface area (Å²) in [4.78, 5) is 17.6. The lowest BCUT2D eigenvalue weighted by molar-refractivity contribution is -0.146. The van der Waals surface area contributed by atoms with E-state index >= 15 is 0 Å². The molecule has 0 saturated heterocycles. The second-order valence-corrected chi connectivity index (χ2v) is 9.70. The third-order valence-electron chi connectivity index (χ3n) is 5.66. The number of nitrogens with zero attached hydrogens (tertiary/aromatic N) is 1. The van der Waals surface area contributed by atoms with Crippen molar-refractivity contribution in [2.75, 3.05) is 17.7 Å². The molecule has 2 aromatic carbocycles. The molecule has 8 heteroatoms. The van der Waals surface area contributed by atoms with E-state index in [1.807, 2.05) is 42.6 Å². The van der Waals surface area contributed by atoms with Crippen LogP contribution in [0.25, 0.3) is 10.4 Å². The number of aromatic nitrogens is 1. The zero-order valence-electron chi connectivity index (χ0n) is 17.6. The molecule has 2 N–H and O–H groups in total. The Kier molecular flexibility index (Phi) is 7.40.